The molecule has 1 fully saturated rings. The molecule has 0 unspecified atom stereocenters. The van der Waals surface area contributed by atoms with Crippen LogP contribution in [0.5, 0.6) is 0 Å². The van der Waals surface area contributed by atoms with Crippen LogP contribution in [-0.2, 0) is 26.8 Å². The Kier molecular flexibility index (Phi) is 4.87. The molecule has 0 bridgehead atoms. The van der Waals surface area contributed by atoms with E-state index >= 15 is 0 Å². The number of anilines is 1. The molecule has 1 aromatic heterocycles. The SMILES string of the molecule is O=C(Cn1ccc2ccccc21)N1CCN(c2ccc([SH](=O)=O)cc2)C(=O)C1. The predicted molar refractivity (Wildman–Crippen MR) is 106 cm³/mol. The van der Waals surface area contributed by atoms with Gasteiger partial charge in [0.05, 0.1) is 4.90 Å². The normalized spacial score (nSPS) is 14.8. The van der Waals surface area contributed by atoms with Gasteiger partial charge in [-0.2, -0.15) is 0 Å². The van der Waals surface area contributed by atoms with Gasteiger partial charge in [0, 0.05) is 30.5 Å². The van der Waals surface area contributed by atoms with Crippen LogP contribution in [0.3, 0.4) is 0 Å². The van der Waals surface area contributed by atoms with Gasteiger partial charge in [-0.15, -0.1) is 0 Å². The Bertz CT molecular complexity index is 1110. The van der Waals surface area contributed by atoms with E-state index in [1.165, 1.54) is 12.1 Å². The molecule has 1 aliphatic heterocycles. The summed E-state index contributed by atoms with van der Waals surface area (Å²) in [7, 11) is -2.64. The minimum atomic E-state index is -2.64. The zero-order chi connectivity index (χ0) is 19.7. The van der Waals surface area contributed by atoms with Crippen LogP contribution in [0.4, 0.5) is 5.69 Å². The largest absolute Gasteiger partial charge is 0.338 e. The Labute approximate surface area is 163 Å². The van der Waals surface area contributed by atoms with Crippen molar-refractivity contribution in [2.45, 2.75) is 11.4 Å². The lowest BCUT2D eigenvalue weighted by Crippen LogP contribution is -2.53. The Hall–Kier alpha value is -3.13. The zero-order valence-electron chi connectivity index (χ0n) is 15.0. The van der Waals surface area contributed by atoms with E-state index in [0.717, 1.165) is 10.9 Å². The van der Waals surface area contributed by atoms with Gasteiger partial charge in [-0.25, -0.2) is 8.42 Å². The summed E-state index contributed by atoms with van der Waals surface area (Å²) in [6, 6.07) is 16.0. The van der Waals surface area contributed by atoms with Crippen LogP contribution in [0.15, 0.2) is 65.7 Å². The standard InChI is InChI=1S/C20H19N3O4S/c24-19(13-21-10-9-15-3-1-2-4-18(15)21)22-11-12-23(20(25)14-22)16-5-7-17(8-6-16)28(26)27/h1-10,28H,11-14H2. The van der Waals surface area contributed by atoms with Crippen molar-refractivity contribution in [2.24, 2.45) is 0 Å². The number of carbonyl (C=O) groups excluding carboxylic acids is 2. The Morgan fingerprint density at radius 1 is 0.964 bits per heavy atom. The molecule has 0 radical (unpaired) electrons. The number of piperazine rings is 1. The highest BCUT2D eigenvalue weighted by molar-refractivity contribution is 7.72. The minimum absolute atomic E-state index is 0.00953. The fourth-order valence-corrected chi connectivity index (χ4v) is 3.83. The van der Waals surface area contributed by atoms with E-state index in [9.17, 15) is 18.0 Å². The Balaban J connectivity index is 1.43. The second-order valence-electron chi connectivity index (χ2n) is 6.64. The lowest BCUT2D eigenvalue weighted by Gasteiger charge is -2.34. The summed E-state index contributed by atoms with van der Waals surface area (Å²) in [5, 5.41) is 1.07. The molecule has 2 heterocycles. The second-order valence-corrected chi connectivity index (χ2v) is 7.67. The van der Waals surface area contributed by atoms with Crippen LogP contribution in [0.25, 0.3) is 10.9 Å². The first kappa shape index (κ1) is 18.2. The molecule has 1 aliphatic rings. The Morgan fingerprint density at radius 2 is 1.71 bits per heavy atom. The number of carbonyl (C=O) groups is 2. The average Bonchev–Trinajstić information content (AvgIpc) is 3.11. The molecule has 0 spiro atoms. The van der Waals surface area contributed by atoms with Crippen LogP contribution in [0, 0.1) is 0 Å². The van der Waals surface area contributed by atoms with E-state index in [2.05, 4.69) is 0 Å². The highest BCUT2D eigenvalue weighted by Gasteiger charge is 2.28. The van der Waals surface area contributed by atoms with Crippen LogP contribution in [0.2, 0.25) is 0 Å². The van der Waals surface area contributed by atoms with E-state index in [1.54, 1.807) is 21.9 Å². The van der Waals surface area contributed by atoms with E-state index < -0.39 is 10.7 Å². The van der Waals surface area contributed by atoms with Crippen molar-refractivity contribution >= 4 is 39.1 Å². The van der Waals surface area contributed by atoms with E-state index in [1.807, 2.05) is 41.1 Å². The van der Waals surface area contributed by atoms with Gasteiger partial charge in [-0.3, -0.25) is 9.59 Å². The second kappa shape index (κ2) is 7.47. The molecule has 0 aliphatic carbocycles. The van der Waals surface area contributed by atoms with Crippen molar-refractivity contribution in [1.82, 2.24) is 9.47 Å². The highest BCUT2D eigenvalue weighted by Crippen LogP contribution is 2.20. The number of benzene rings is 2. The number of thiol groups is 1. The molecule has 2 aromatic carbocycles. The van der Waals surface area contributed by atoms with Crippen LogP contribution in [-0.4, -0.2) is 49.3 Å². The first-order chi connectivity index (χ1) is 13.5. The number of rotatable bonds is 4. The summed E-state index contributed by atoms with van der Waals surface area (Å²) >= 11 is 0. The summed E-state index contributed by atoms with van der Waals surface area (Å²) in [5.74, 6) is -0.288. The molecule has 0 atom stereocenters. The lowest BCUT2D eigenvalue weighted by atomic mass is 10.2. The third kappa shape index (κ3) is 3.50. The topological polar surface area (TPSA) is 79.7 Å². The van der Waals surface area contributed by atoms with Gasteiger partial charge in [-0.05, 0) is 41.8 Å². The molecule has 144 valence electrons. The van der Waals surface area contributed by atoms with Gasteiger partial charge in [0.25, 0.3) is 0 Å². The molecule has 4 rings (SSSR count). The molecular formula is C20H19N3O4S. The first-order valence-electron chi connectivity index (χ1n) is 8.89. The molecule has 3 aromatic rings. The molecule has 8 heteroatoms. The summed E-state index contributed by atoms with van der Waals surface area (Å²) in [6.07, 6.45) is 1.88. The monoisotopic (exact) mass is 397 g/mol. The van der Waals surface area contributed by atoms with Crippen molar-refractivity contribution < 1.29 is 18.0 Å². The smallest absolute Gasteiger partial charge is 0.246 e. The predicted octanol–water partition coefficient (Wildman–Crippen LogP) is 1.49. The number of para-hydroxylation sites is 1. The molecule has 7 nitrogen and oxygen atoms in total. The van der Waals surface area contributed by atoms with E-state index in [0.29, 0.717) is 18.8 Å². The average molecular weight is 397 g/mol. The third-order valence-electron chi connectivity index (χ3n) is 4.93. The number of amides is 2. The van der Waals surface area contributed by atoms with Crippen molar-refractivity contribution in [2.75, 3.05) is 24.5 Å². The van der Waals surface area contributed by atoms with Gasteiger partial charge in [0.1, 0.15) is 13.1 Å². The van der Waals surface area contributed by atoms with Crippen molar-refractivity contribution in [1.29, 1.82) is 0 Å². The fourth-order valence-electron chi connectivity index (χ4n) is 3.44. The number of nitrogens with zero attached hydrogens (tertiary/aromatic N) is 3. The molecular weight excluding hydrogens is 378 g/mol. The number of hydrogen-bond donors (Lipinski definition) is 1. The number of aromatic nitrogens is 1. The van der Waals surface area contributed by atoms with Gasteiger partial charge in [0.2, 0.25) is 11.8 Å². The summed E-state index contributed by atoms with van der Waals surface area (Å²) < 4.78 is 23.9. The van der Waals surface area contributed by atoms with Crippen LogP contribution >= 0.6 is 0 Å². The molecule has 0 saturated carbocycles. The summed E-state index contributed by atoms with van der Waals surface area (Å²) in [6.45, 7) is 1.00. The molecule has 2 amide bonds. The van der Waals surface area contributed by atoms with E-state index in [4.69, 9.17) is 0 Å². The number of hydrogen-bond acceptors (Lipinski definition) is 4. The maximum absolute atomic E-state index is 12.7. The van der Waals surface area contributed by atoms with Crippen LogP contribution in [0.1, 0.15) is 0 Å². The summed E-state index contributed by atoms with van der Waals surface area (Å²) in [4.78, 5) is 28.6. The first-order valence-corrected chi connectivity index (χ1v) is 10.1. The van der Waals surface area contributed by atoms with Crippen molar-refractivity contribution in [3.8, 4) is 0 Å². The zero-order valence-corrected chi connectivity index (χ0v) is 15.9. The quantitative estimate of drug-likeness (QED) is 0.677. The van der Waals surface area contributed by atoms with Crippen LogP contribution < -0.4 is 4.90 Å². The molecule has 1 saturated heterocycles. The number of fused-ring (bicyclic) bond motifs is 1. The van der Waals surface area contributed by atoms with Gasteiger partial charge >= 0.3 is 0 Å². The van der Waals surface area contributed by atoms with Gasteiger partial charge < -0.3 is 14.4 Å². The highest BCUT2D eigenvalue weighted by atomic mass is 32.2. The van der Waals surface area contributed by atoms with Crippen molar-refractivity contribution in [3.63, 3.8) is 0 Å². The summed E-state index contributed by atoms with van der Waals surface area (Å²) in [5.41, 5.74) is 1.62. The van der Waals surface area contributed by atoms with Gasteiger partial charge in [0.15, 0.2) is 10.7 Å². The maximum Gasteiger partial charge on any atom is 0.246 e. The fraction of sp³-hybridized carbons (Fsp3) is 0.200. The Morgan fingerprint density at radius 3 is 2.43 bits per heavy atom. The maximum atomic E-state index is 12.7. The molecule has 28 heavy (non-hydrogen) atoms. The third-order valence-corrected chi connectivity index (χ3v) is 5.65. The van der Waals surface area contributed by atoms with Gasteiger partial charge in [-0.1, -0.05) is 18.2 Å². The minimum Gasteiger partial charge on any atom is -0.338 e. The molecule has 0 N–H and O–H groups in total. The van der Waals surface area contributed by atoms with E-state index in [-0.39, 0.29) is 29.8 Å². The lowest BCUT2D eigenvalue weighted by molar-refractivity contribution is -0.137. The van der Waals surface area contributed by atoms with Crippen molar-refractivity contribution in [3.05, 3.63) is 60.8 Å².